The fraction of sp³-hybridized carbons (Fsp3) is 0.455. The van der Waals surface area contributed by atoms with Crippen LogP contribution in [0.4, 0.5) is 4.39 Å². The summed E-state index contributed by atoms with van der Waals surface area (Å²) in [6, 6.07) is 5.27. The lowest BCUT2D eigenvalue weighted by Crippen LogP contribution is -2.17. The predicted molar refractivity (Wildman–Crippen MR) is 55.8 cm³/mol. The molecule has 1 aromatic carbocycles. The molecule has 1 aliphatic rings. The van der Waals surface area contributed by atoms with E-state index in [0.717, 1.165) is 18.9 Å². The van der Waals surface area contributed by atoms with Crippen LogP contribution in [-0.4, -0.2) is 13.7 Å². The van der Waals surface area contributed by atoms with Crippen LogP contribution in [0.3, 0.4) is 0 Å². The minimum atomic E-state index is -3.30. The van der Waals surface area contributed by atoms with Crippen LogP contribution in [0, 0.1) is 5.82 Å². The maximum absolute atomic E-state index is 12.9. The maximum Gasteiger partial charge on any atom is 0.181 e. The van der Waals surface area contributed by atoms with Crippen molar-refractivity contribution in [1.82, 2.24) is 0 Å². The monoisotopic (exact) mass is 228 g/mol. The smallest absolute Gasteiger partial charge is 0.181 e. The van der Waals surface area contributed by atoms with Crippen molar-refractivity contribution in [2.75, 3.05) is 0 Å². The van der Waals surface area contributed by atoms with E-state index in [1.807, 2.05) is 0 Å². The van der Waals surface area contributed by atoms with Crippen molar-refractivity contribution in [2.24, 2.45) is 0 Å². The van der Waals surface area contributed by atoms with Gasteiger partial charge >= 0.3 is 0 Å². The summed E-state index contributed by atoms with van der Waals surface area (Å²) in [6.07, 6.45) is 3.33. The highest BCUT2D eigenvalue weighted by Crippen LogP contribution is 2.29. The molecular formula is C11H13FO2S. The molecule has 0 spiro atoms. The molecule has 0 radical (unpaired) electrons. The van der Waals surface area contributed by atoms with Gasteiger partial charge in [-0.15, -0.1) is 0 Å². The molecule has 0 N–H and O–H groups in total. The molecule has 0 aliphatic heterocycles. The molecule has 15 heavy (non-hydrogen) atoms. The van der Waals surface area contributed by atoms with Crippen LogP contribution < -0.4 is 0 Å². The third-order valence-electron chi connectivity index (χ3n) is 2.87. The van der Waals surface area contributed by atoms with E-state index in [1.54, 1.807) is 0 Å². The lowest BCUT2D eigenvalue weighted by atomic mass is 10.3. The summed E-state index contributed by atoms with van der Waals surface area (Å²) >= 11 is 0. The first kappa shape index (κ1) is 10.6. The topological polar surface area (TPSA) is 34.1 Å². The van der Waals surface area contributed by atoms with Crippen molar-refractivity contribution in [3.05, 3.63) is 30.1 Å². The summed E-state index contributed by atoms with van der Waals surface area (Å²) in [4.78, 5) is 0.120. The Hall–Kier alpha value is -0.900. The highest BCUT2D eigenvalue weighted by atomic mass is 32.2. The SMILES string of the molecule is O=S(=O)(c1cccc(F)c1)C1CCCC1. The van der Waals surface area contributed by atoms with Gasteiger partial charge in [0.05, 0.1) is 10.1 Å². The van der Waals surface area contributed by atoms with Crippen molar-refractivity contribution in [2.45, 2.75) is 35.8 Å². The molecule has 0 heterocycles. The van der Waals surface area contributed by atoms with Crippen molar-refractivity contribution in [3.63, 3.8) is 0 Å². The molecule has 1 saturated carbocycles. The van der Waals surface area contributed by atoms with E-state index >= 15 is 0 Å². The highest BCUT2D eigenvalue weighted by molar-refractivity contribution is 7.92. The molecule has 0 saturated heterocycles. The number of benzene rings is 1. The molecule has 1 aliphatic carbocycles. The van der Waals surface area contributed by atoms with E-state index in [0.29, 0.717) is 12.8 Å². The molecule has 0 aromatic heterocycles. The summed E-state index contributed by atoms with van der Waals surface area (Å²) in [5, 5.41) is -0.306. The van der Waals surface area contributed by atoms with Gasteiger partial charge in [-0.2, -0.15) is 0 Å². The Balaban J connectivity index is 2.36. The van der Waals surface area contributed by atoms with E-state index in [-0.39, 0.29) is 10.1 Å². The Kier molecular flexibility index (Phi) is 2.78. The standard InChI is InChI=1S/C11H13FO2S/c12-9-4-3-7-11(8-9)15(13,14)10-5-1-2-6-10/h3-4,7-8,10H,1-2,5-6H2. The van der Waals surface area contributed by atoms with Crippen LogP contribution in [0.25, 0.3) is 0 Å². The Labute approximate surface area is 89.0 Å². The number of sulfone groups is 1. The molecule has 0 bridgehead atoms. The van der Waals surface area contributed by atoms with Crippen LogP contribution in [0.5, 0.6) is 0 Å². The zero-order valence-electron chi connectivity index (χ0n) is 8.32. The third kappa shape index (κ3) is 2.04. The first-order valence-electron chi connectivity index (χ1n) is 5.10. The van der Waals surface area contributed by atoms with Crippen LogP contribution in [-0.2, 0) is 9.84 Å². The largest absolute Gasteiger partial charge is 0.223 e. The summed E-state index contributed by atoms with van der Waals surface area (Å²) in [6.45, 7) is 0. The van der Waals surface area contributed by atoms with Crippen LogP contribution >= 0.6 is 0 Å². The normalized spacial score (nSPS) is 18.2. The van der Waals surface area contributed by atoms with Gasteiger partial charge < -0.3 is 0 Å². The zero-order valence-corrected chi connectivity index (χ0v) is 9.13. The van der Waals surface area contributed by atoms with Crippen molar-refractivity contribution < 1.29 is 12.8 Å². The third-order valence-corrected chi connectivity index (χ3v) is 5.13. The summed E-state index contributed by atoms with van der Waals surface area (Å²) < 4.78 is 37.0. The van der Waals surface area contributed by atoms with Gasteiger partial charge in [-0.05, 0) is 31.0 Å². The number of hydrogen-bond donors (Lipinski definition) is 0. The summed E-state index contributed by atoms with van der Waals surface area (Å²) in [5.74, 6) is -0.492. The van der Waals surface area contributed by atoms with Gasteiger partial charge in [-0.25, -0.2) is 12.8 Å². The van der Waals surface area contributed by atoms with Gasteiger partial charge in [0.25, 0.3) is 0 Å². The van der Waals surface area contributed by atoms with E-state index in [2.05, 4.69) is 0 Å². The lowest BCUT2D eigenvalue weighted by molar-refractivity contribution is 0.576. The predicted octanol–water partition coefficient (Wildman–Crippen LogP) is 2.54. The van der Waals surface area contributed by atoms with Gasteiger partial charge in [-0.3, -0.25) is 0 Å². The number of hydrogen-bond acceptors (Lipinski definition) is 2. The minimum Gasteiger partial charge on any atom is -0.223 e. The van der Waals surface area contributed by atoms with E-state index in [4.69, 9.17) is 0 Å². The molecule has 82 valence electrons. The zero-order chi connectivity index (χ0) is 10.9. The first-order chi connectivity index (χ1) is 7.10. The second kappa shape index (κ2) is 3.93. The summed E-state index contributed by atoms with van der Waals surface area (Å²) in [5.41, 5.74) is 0. The quantitative estimate of drug-likeness (QED) is 0.779. The van der Waals surface area contributed by atoms with E-state index in [9.17, 15) is 12.8 Å². The fourth-order valence-corrected chi connectivity index (χ4v) is 3.92. The molecule has 0 amide bonds. The molecule has 0 unspecified atom stereocenters. The van der Waals surface area contributed by atoms with Gasteiger partial charge in [0, 0.05) is 0 Å². The Morgan fingerprint density at radius 2 is 1.87 bits per heavy atom. The average molecular weight is 228 g/mol. The average Bonchev–Trinajstić information content (AvgIpc) is 2.71. The molecule has 2 rings (SSSR count). The van der Waals surface area contributed by atoms with Crippen molar-refractivity contribution in [1.29, 1.82) is 0 Å². The van der Waals surface area contributed by atoms with Gasteiger partial charge in [0.15, 0.2) is 9.84 Å². The molecule has 1 aromatic rings. The molecule has 1 fully saturated rings. The van der Waals surface area contributed by atoms with E-state index < -0.39 is 15.7 Å². The van der Waals surface area contributed by atoms with Gasteiger partial charge in [-0.1, -0.05) is 18.9 Å². The van der Waals surface area contributed by atoms with E-state index in [1.165, 1.54) is 18.2 Å². The number of rotatable bonds is 2. The second-order valence-electron chi connectivity index (χ2n) is 3.91. The van der Waals surface area contributed by atoms with Crippen LogP contribution in [0.15, 0.2) is 29.2 Å². The minimum absolute atomic E-state index is 0.120. The first-order valence-corrected chi connectivity index (χ1v) is 6.65. The molecule has 0 atom stereocenters. The van der Waals surface area contributed by atoms with Crippen LogP contribution in [0.2, 0.25) is 0 Å². The Morgan fingerprint density at radius 1 is 1.20 bits per heavy atom. The Bertz CT molecular complexity index is 447. The highest BCUT2D eigenvalue weighted by Gasteiger charge is 2.30. The molecule has 4 heteroatoms. The summed E-state index contributed by atoms with van der Waals surface area (Å²) in [7, 11) is -3.30. The number of halogens is 1. The molecule has 2 nitrogen and oxygen atoms in total. The Morgan fingerprint density at radius 3 is 2.47 bits per heavy atom. The molecular weight excluding hydrogens is 215 g/mol. The lowest BCUT2D eigenvalue weighted by Gasteiger charge is -2.10. The van der Waals surface area contributed by atoms with Gasteiger partial charge in [0.1, 0.15) is 5.82 Å². The fourth-order valence-electron chi connectivity index (χ4n) is 2.04. The van der Waals surface area contributed by atoms with Gasteiger partial charge in [0.2, 0.25) is 0 Å². The van der Waals surface area contributed by atoms with Crippen molar-refractivity contribution >= 4 is 9.84 Å². The van der Waals surface area contributed by atoms with Crippen LogP contribution in [0.1, 0.15) is 25.7 Å². The maximum atomic E-state index is 12.9. The second-order valence-corrected chi connectivity index (χ2v) is 6.14. The van der Waals surface area contributed by atoms with Crippen molar-refractivity contribution in [3.8, 4) is 0 Å².